The Morgan fingerprint density at radius 1 is 1.22 bits per heavy atom. The van der Waals surface area contributed by atoms with Crippen molar-refractivity contribution in [2.75, 3.05) is 26.0 Å². The summed E-state index contributed by atoms with van der Waals surface area (Å²) in [5.41, 5.74) is -1.01. The Morgan fingerprint density at radius 2 is 1.83 bits per heavy atom. The topological polar surface area (TPSA) is 76.4 Å². The van der Waals surface area contributed by atoms with E-state index in [2.05, 4.69) is 0 Å². The predicted molar refractivity (Wildman–Crippen MR) is 71.2 cm³/mol. The third-order valence-corrected chi connectivity index (χ3v) is 5.46. The van der Waals surface area contributed by atoms with Crippen LogP contribution in [0.25, 0.3) is 0 Å². The maximum atomic E-state index is 12.0. The highest BCUT2D eigenvalue weighted by Crippen LogP contribution is 2.58. The van der Waals surface area contributed by atoms with Crippen molar-refractivity contribution < 1.29 is 19.1 Å². The molecule has 0 aromatic rings. The average Bonchev–Trinajstić information content (AvgIpc) is 2.36. The van der Waals surface area contributed by atoms with Crippen LogP contribution in [0, 0.1) is 11.3 Å². The minimum absolute atomic E-state index is 0.159. The minimum atomic E-state index is -2.67. The van der Waals surface area contributed by atoms with Gasteiger partial charge in [0.2, 0.25) is 7.26 Å². The van der Waals surface area contributed by atoms with Crippen LogP contribution in [0.1, 0.15) is 33.1 Å². The molecule has 0 aromatic carbocycles. The van der Waals surface area contributed by atoms with Gasteiger partial charge in [0, 0.05) is 0 Å². The van der Waals surface area contributed by atoms with E-state index in [1.54, 1.807) is 13.6 Å². The lowest BCUT2D eigenvalue weighted by Crippen LogP contribution is -2.20. The first kappa shape index (κ1) is 16.9. The van der Waals surface area contributed by atoms with Gasteiger partial charge in [-0.2, -0.15) is 5.26 Å². The van der Waals surface area contributed by atoms with Crippen molar-refractivity contribution in [1.29, 1.82) is 5.26 Å². The largest absolute Gasteiger partial charge is 0.463 e. The maximum absolute atomic E-state index is 12.0. The van der Waals surface area contributed by atoms with E-state index in [9.17, 15) is 9.59 Å². The smallest absolute Gasteiger partial charge is 0.436 e. The molecule has 0 bridgehead atoms. The molecule has 0 aromatic heterocycles. The van der Waals surface area contributed by atoms with Crippen molar-refractivity contribution in [2.45, 2.75) is 33.1 Å². The zero-order valence-electron chi connectivity index (χ0n) is 11.3. The summed E-state index contributed by atoms with van der Waals surface area (Å²) >= 11 is 0. The number of nitrogens with zero attached hydrogens (tertiary/aromatic N) is 1. The molecule has 18 heavy (non-hydrogen) atoms. The second-order valence-electron chi connectivity index (χ2n) is 3.99. The summed E-state index contributed by atoms with van der Waals surface area (Å²) in [6.07, 6.45) is 2.08. The molecule has 0 heterocycles. The molecule has 102 valence electrons. The molecule has 1 unspecified atom stereocenters. The summed E-state index contributed by atoms with van der Waals surface area (Å²) in [4.78, 5) is 23.8. The van der Waals surface area contributed by atoms with Crippen LogP contribution in [0.4, 0.5) is 9.59 Å². The van der Waals surface area contributed by atoms with Crippen molar-refractivity contribution >= 4 is 18.7 Å². The summed E-state index contributed by atoms with van der Waals surface area (Å²) in [6.45, 7) is 5.80. The molecule has 0 radical (unpaired) electrons. The Balaban J connectivity index is 4.68. The Bertz CT molecular complexity index is 327. The lowest BCUT2D eigenvalue weighted by atomic mass is 10.4. The molecule has 0 saturated carbocycles. The lowest BCUT2D eigenvalue weighted by Gasteiger charge is -2.16. The quantitative estimate of drug-likeness (QED) is 0.499. The van der Waals surface area contributed by atoms with Crippen LogP contribution in [0.15, 0.2) is 0 Å². The lowest BCUT2D eigenvalue weighted by molar-refractivity contribution is 0.166. The van der Waals surface area contributed by atoms with Gasteiger partial charge < -0.3 is 9.47 Å². The number of rotatable bonds is 8. The standard InChI is InChI=1S/C12H21NO4P/c1-4-6-9-17-12(15)18(3,10-7-8-13)11(14)16-5-2/h4-7,9-10H2,1-3H3/q+1. The SMILES string of the molecule is CCCCOC(=O)[P+](C)(CCC#N)C(=O)OCC. The van der Waals surface area contributed by atoms with Gasteiger partial charge >= 0.3 is 11.4 Å². The van der Waals surface area contributed by atoms with Gasteiger partial charge in [0.05, 0.1) is 38.5 Å². The normalized spacial score (nSPS) is 13.2. The number of nitriles is 1. The van der Waals surface area contributed by atoms with Gasteiger partial charge in [-0.15, -0.1) is 0 Å². The summed E-state index contributed by atoms with van der Waals surface area (Å²) < 4.78 is 10.0. The second kappa shape index (κ2) is 8.88. The zero-order chi connectivity index (χ0) is 14.0. The van der Waals surface area contributed by atoms with E-state index in [1.165, 1.54) is 0 Å². The second-order valence-corrected chi connectivity index (χ2v) is 7.55. The predicted octanol–water partition coefficient (Wildman–Crippen LogP) is 3.64. The van der Waals surface area contributed by atoms with Crippen molar-refractivity contribution in [3.8, 4) is 6.07 Å². The van der Waals surface area contributed by atoms with Crippen LogP contribution in [0.2, 0.25) is 0 Å². The summed E-state index contributed by atoms with van der Waals surface area (Å²) in [6, 6.07) is 1.95. The highest BCUT2D eigenvalue weighted by Gasteiger charge is 2.53. The molecule has 0 aliphatic rings. The summed E-state index contributed by atoms with van der Waals surface area (Å²) in [7, 11) is -2.67. The number of ether oxygens (including phenoxy) is 2. The Kier molecular flexibility index (Phi) is 8.32. The van der Waals surface area contributed by atoms with Gasteiger partial charge in [0.15, 0.2) is 0 Å². The Labute approximate surface area is 109 Å². The van der Waals surface area contributed by atoms with E-state index in [1.807, 2.05) is 13.0 Å². The number of hydrogen-bond acceptors (Lipinski definition) is 5. The molecule has 0 aliphatic carbocycles. The van der Waals surface area contributed by atoms with Crippen molar-refractivity contribution in [3.63, 3.8) is 0 Å². The van der Waals surface area contributed by atoms with Crippen LogP contribution in [-0.4, -0.2) is 37.5 Å². The van der Waals surface area contributed by atoms with Crippen LogP contribution in [0.5, 0.6) is 0 Å². The maximum Gasteiger partial charge on any atom is 0.463 e. The van der Waals surface area contributed by atoms with Gasteiger partial charge in [0.1, 0.15) is 0 Å². The fourth-order valence-corrected chi connectivity index (χ4v) is 3.09. The fraction of sp³-hybridized carbons (Fsp3) is 0.750. The first-order valence-electron chi connectivity index (χ1n) is 6.10. The van der Waals surface area contributed by atoms with Gasteiger partial charge in [-0.3, -0.25) is 0 Å². The fourth-order valence-electron chi connectivity index (χ4n) is 1.24. The van der Waals surface area contributed by atoms with E-state index in [0.29, 0.717) is 6.61 Å². The molecule has 0 N–H and O–H groups in total. The molecule has 0 amide bonds. The van der Waals surface area contributed by atoms with Crippen LogP contribution >= 0.6 is 7.26 Å². The molecule has 0 saturated heterocycles. The first-order chi connectivity index (χ1) is 8.52. The molecule has 0 aliphatic heterocycles. The monoisotopic (exact) mass is 274 g/mol. The highest BCUT2D eigenvalue weighted by molar-refractivity contribution is 8.02. The van der Waals surface area contributed by atoms with Gasteiger partial charge in [-0.05, 0) is 13.3 Å². The van der Waals surface area contributed by atoms with E-state index < -0.39 is 18.7 Å². The summed E-state index contributed by atoms with van der Waals surface area (Å²) in [5, 5.41) is 8.60. The highest BCUT2D eigenvalue weighted by atomic mass is 31.2. The number of carbonyl (C=O) groups excluding carboxylic acids is 2. The molecular weight excluding hydrogens is 253 g/mol. The van der Waals surface area contributed by atoms with Crippen LogP contribution in [-0.2, 0) is 9.47 Å². The van der Waals surface area contributed by atoms with Crippen molar-refractivity contribution in [2.24, 2.45) is 0 Å². The van der Waals surface area contributed by atoms with Crippen LogP contribution in [0.3, 0.4) is 0 Å². The third kappa shape index (κ3) is 5.01. The molecule has 6 heteroatoms. The van der Waals surface area contributed by atoms with Gasteiger partial charge in [-0.25, -0.2) is 9.59 Å². The van der Waals surface area contributed by atoms with E-state index >= 15 is 0 Å². The third-order valence-electron chi connectivity index (χ3n) is 2.47. The number of carbonyl (C=O) groups is 2. The van der Waals surface area contributed by atoms with Crippen LogP contribution < -0.4 is 0 Å². The molecule has 1 atom stereocenters. The van der Waals surface area contributed by atoms with E-state index in [-0.39, 0.29) is 19.2 Å². The van der Waals surface area contributed by atoms with Crippen molar-refractivity contribution in [1.82, 2.24) is 0 Å². The Hall–Kier alpha value is -1.14. The molecule has 0 spiro atoms. The first-order valence-corrected chi connectivity index (χ1v) is 8.52. The van der Waals surface area contributed by atoms with E-state index in [0.717, 1.165) is 12.8 Å². The number of hydrogen-bond donors (Lipinski definition) is 0. The number of unbranched alkanes of at least 4 members (excludes halogenated alkanes) is 1. The zero-order valence-corrected chi connectivity index (χ0v) is 12.2. The Morgan fingerprint density at radius 3 is 2.33 bits per heavy atom. The molecule has 5 nitrogen and oxygen atoms in total. The van der Waals surface area contributed by atoms with Crippen molar-refractivity contribution in [3.05, 3.63) is 0 Å². The molecule has 0 rings (SSSR count). The van der Waals surface area contributed by atoms with E-state index in [4.69, 9.17) is 14.7 Å². The molecular formula is C12H21NO4P+. The molecule has 0 fully saturated rings. The van der Waals surface area contributed by atoms with Gasteiger partial charge in [-0.1, -0.05) is 13.3 Å². The summed E-state index contributed by atoms with van der Waals surface area (Å²) in [5.74, 6) is 0. The average molecular weight is 274 g/mol. The minimum Gasteiger partial charge on any atom is -0.436 e. The van der Waals surface area contributed by atoms with Gasteiger partial charge in [0.25, 0.3) is 0 Å².